The summed E-state index contributed by atoms with van der Waals surface area (Å²) in [6, 6.07) is 0. The van der Waals surface area contributed by atoms with Crippen molar-refractivity contribution in [2.24, 2.45) is 0 Å². The van der Waals surface area contributed by atoms with Gasteiger partial charge in [0.25, 0.3) is 0 Å². The molecule has 0 atom stereocenters. The molecule has 0 unspecified atom stereocenters. The van der Waals surface area contributed by atoms with Crippen molar-refractivity contribution in [2.75, 3.05) is 6.61 Å². The fourth-order valence-electron chi connectivity index (χ4n) is 0.828. The largest absolute Gasteiger partial charge is 0.481 e. The minimum atomic E-state index is -0.600. The first-order chi connectivity index (χ1) is 6.66. The van der Waals surface area contributed by atoms with Crippen LogP contribution in [-0.2, 0) is 0 Å². The number of nitro groups is 1. The lowest BCUT2D eigenvalue weighted by Gasteiger charge is -2.04. The zero-order chi connectivity index (χ0) is 10.6. The molecule has 74 valence electrons. The maximum Gasteiger partial charge on any atom is 0.330 e. The van der Waals surface area contributed by atoms with Crippen LogP contribution in [0.5, 0.6) is 5.75 Å². The van der Waals surface area contributed by atoms with E-state index in [1.165, 1.54) is 12.3 Å². The highest BCUT2D eigenvalue weighted by Gasteiger charge is 2.18. The van der Waals surface area contributed by atoms with Crippen molar-refractivity contribution in [1.29, 1.82) is 0 Å². The Morgan fingerprint density at radius 1 is 1.71 bits per heavy atom. The number of hydrogen-bond acceptors (Lipinski definition) is 4. The van der Waals surface area contributed by atoms with E-state index < -0.39 is 4.92 Å². The molecule has 1 aromatic rings. The van der Waals surface area contributed by atoms with E-state index in [0.29, 0.717) is 0 Å². The third-order valence-electron chi connectivity index (χ3n) is 1.38. The minimum Gasteiger partial charge on any atom is -0.481 e. The molecule has 0 aromatic carbocycles. The van der Waals surface area contributed by atoms with Gasteiger partial charge in [-0.25, -0.2) is 0 Å². The fraction of sp³-hybridized carbons (Fsp3) is 0.125. The van der Waals surface area contributed by atoms with Crippen LogP contribution in [0.2, 0.25) is 5.02 Å². The van der Waals surface area contributed by atoms with E-state index in [-0.39, 0.29) is 23.1 Å². The van der Waals surface area contributed by atoms with Crippen LogP contribution in [-0.4, -0.2) is 16.5 Å². The minimum absolute atomic E-state index is 0.0200. The highest BCUT2D eigenvalue weighted by atomic mass is 35.5. The quantitative estimate of drug-likeness (QED) is 0.438. The van der Waals surface area contributed by atoms with E-state index in [4.69, 9.17) is 16.3 Å². The van der Waals surface area contributed by atoms with Crippen molar-refractivity contribution in [3.05, 3.63) is 40.2 Å². The summed E-state index contributed by atoms with van der Waals surface area (Å²) in [4.78, 5) is 13.5. The molecule has 0 radical (unpaired) electrons. The number of aromatic nitrogens is 1. The number of rotatable bonds is 4. The Bertz CT molecular complexity index is 368. The standard InChI is InChI=1S/C8H7ClN2O3/c1-2-3-14-8-6(9)4-10-5-7(8)11(12)13/h2,4-5H,1,3H2. The zero-order valence-electron chi connectivity index (χ0n) is 7.14. The lowest BCUT2D eigenvalue weighted by Crippen LogP contribution is -1.99. The van der Waals surface area contributed by atoms with Crippen molar-refractivity contribution in [2.45, 2.75) is 0 Å². The Labute approximate surface area is 85.1 Å². The van der Waals surface area contributed by atoms with Gasteiger partial charge in [-0.1, -0.05) is 24.3 Å². The SMILES string of the molecule is C=CCOc1c(Cl)cncc1[N+](=O)[O-]. The Hall–Kier alpha value is -1.62. The molecular weight excluding hydrogens is 208 g/mol. The summed E-state index contributed by atoms with van der Waals surface area (Å²) in [6.07, 6.45) is 3.85. The van der Waals surface area contributed by atoms with Gasteiger partial charge in [-0.3, -0.25) is 15.1 Å². The van der Waals surface area contributed by atoms with Gasteiger partial charge in [0.2, 0.25) is 5.75 Å². The van der Waals surface area contributed by atoms with Crippen LogP contribution < -0.4 is 4.74 Å². The molecule has 0 saturated carbocycles. The molecule has 5 nitrogen and oxygen atoms in total. The van der Waals surface area contributed by atoms with Crippen LogP contribution in [0.15, 0.2) is 25.0 Å². The van der Waals surface area contributed by atoms with Crippen molar-refractivity contribution in [3.8, 4) is 5.75 Å². The van der Waals surface area contributed by atoms with Gasteiger partial charge >= 0.3 is 5.69 Å². The van der Waals surface area contributed by atoms with Crippen molar-refractivity contribution < 1.29 is 9.66 Å². The predicted octanol–water partition coefficient (Wildman–Crippen LogP) is 2.21. The smallest absolute Gasteiger partial charge is 0.330 e. The molecule has 0 aliphatic carbocycles. The van der Waals surface area contributed by atoms with Gasteiger partial charge in [-0.05, 0) is 0 Å². The van der Waals surface area contributed by atoms with Crippen LogP contribution in [0.4, 0.5) is 5.69 Å². The molecule has 14 heavy (non-hydrogen) atoms. The van der Waals surface area contributed by atoms with Gasteiger partial charge in [-0.15, -0.1) is 0 Å². The predicted molar refractivity (Wildman–Crippen MR) is 51.6 cm³/mol. The Balaban J connectivity index is 3.08. The molecule has 0 bridgehead atoms. The first-order valence-electron chi connectivity index (χ1n) is 3.68. The normalized spacial score (nSPS) is 9.50. The summed E-state index contributed by atoms with van der Waals surface area (Å²) in [5.41, 5.74) is -0.251. The van der Waals surface area contributed by atoms with Crippen LogP contribution >= 0.6 is 11.6 Å². The molecule has 0 fully saturated rings. The monoisotopic (exact) mass is 214 g/mol. The first-order valence-corrected chi connectivity index (χ1v) is 4.06. The maximum atomic E-state index is 10.5. The molecule has 0 aliphatic heterocycles. The summed E-state index contributed by atoms with van der Waals surface area (Å²) < 4.78 is 5.05. The number of pyridine rings is 1. The molecule has 0 N–H and O–H groups in total. The molecule has 1 rings (SSSR count). The summed E-state index contributed by atoms with van der Waals surface area (Å²) in [5.74, 6) is 0.0200. The molecular formula is C8H7ClN2O3. The van der Waals surface area contributed by atoms with Crippen molar-refractivity contribution in [1.82, 2.24) is 4.98 Å². The van der Waals surface area contributed by atoms with E-state index in [0.717, 1.165) is 6.20 Å². The third kappa shape index (κ3) is 2.20. The summed E-state index contributed by atoms with van der Waals surface area (Å²) in [6.45, 7) is 3.58. The lowest BCUT2D eigenvalue weighted by molar-refractivity contribution is -0.386. The summed E-state index contributed by atoms with van der Waals surface area (Å²) in [5, 5.41) is 10.7. The van der Waals surface area contributed by atoms with E-state index in [2.05, 4.69) is 11.6 Å². The molecule has 0 saturated heterocycles. The van der Waals surface area contributed by atoms with Gasteiger partial charge in [0.1, 0.15) is 17.8 Å². The van der Waals surface area contributed by atoms with Gasteiger partial charge < -0.3 is 4.74 Å². The number of hydrogen-bond donors (Lipinski definition) is 0. The Morgan fingerprint density at radius 2 is 2.43 bits per heavy atom. The molecule has 1 heterocycles. The molecule has 1 aromatic heterocycles. The van der Waals surface area contributed by atoms with E-state index in [9.17, 15) is 10.1 Å². The van der Waals surface area contributed by atoms with Gasteiger partial charge in [-0.2, -0.15) is 0 Å². The van der Waals surface area contributed by atoms with Gasteiger partial charge in [0.05, 0.1) is 4.92 Å². The topological polar surface area (TPSA) is 65.3 Å². The number of halogens is 1. The molecule has 6 heteroatoms. The van der Waals surface area contributed by atoms with E-state index >= 15 is 0 Å². The molecule has 0 aliphatic rings. The first kappa shape index (κ1) is 10.5. The fourth-order valence-corrected chi connectivity index (χ4v) is 1.04. The van der Waals surface area contributed by atoms with Crippen LogP contribution in [0.25, 0.3) is 0 Å². The van der Waals surface area contributed by atoms with E-state index in [1.54, 1.807) is 0 Å². The molecule has 0 spiro atoms. The second kappa shape index (κ2) is 4.57. The van der Waals surface area contributed by atoms with Crippen LogP contribution in [0.3, 0.4) is 0 Å². The highest BCUT2D eigenvalue weighted by molar-refractivity contribution is 6.32. The highest BCUT2D eigenvalue weighted by Crippen LogP contribution is 2.32. The van der Waals surface area contributed by atoms with Crippen molar-refractivity contribution >= 4 is 17.3 Å². The average Bonchev–Trinajstić information content (AvgIpc) is 2.15. The third-order valence-corrected chi connectivity index (χ3v) is 1.65. The molecule has 0 amide bonds. The Kier molecular flexibility index (Phi) is 3.41. The Morgan fingerprint density at radius 3 is 3.00 bits per heavy atom. The zero-order valence-corrected chi connectivity index (χ0v) is 7.90. The number of nitrogens with zero attached hydrogens (tertiary/aromatic N) is 2. The van der Waals surface area contributed by atoms with Crippen LogP contribution in [0, 0.1) is 10.1 Å². The van der Waals surface area contributed by atoms with E-state index in [1.807, 2.05) is 0 Å². The second-order valence-electron chi connectivity index (χ2n) is 2.33. The lowest BCUT2D eigenvalue weighted by atomic mass is 10.4. The summed E-state index contributed by atoms with van der Waals surface area (Å²) in [7, 11) is 0. The van der Waals surface area contributed by atoms with Crippen LogP contribution in [0.1, 0.15) is 0 Å². The maximum absolute atomic E-state index is 10.5. The summed E-state index contributed by atoms with van der Waals surface area (Å²) >= 11 is 5.68. The number of ether oxygens (including phenoxy) is 1. The van der Waals surface area contributed by atoms with Crippen molar-refractivity contribution in [3.63, 3.8) is 0 Å². The second-order valence-corrected chi connectivity index (χ2v) is 2.73. The van der Waals surface area contributed by atoms with Gasteiger partial charge in [0, 0.05) is 6.20 Å². The van der Waals surface area contributed by atoms with Gasteiger partial charge in [0.15, 0.2) is 0 Å². The average molecular weight is 215 g/mol.